The molecule has 1 N–H and O–H groups in total. The number of aliphatic hydroxyl groups is 1. The van der Waals surface area contributed by atoms with Crippen LogP contribution in [0, 0.1) is 17.8 Å². The van der Waals surface area contributed by atoms with Gasteiger partial charge in [0.2, 0.25) is 5.91 Å². The number of hydrogen-bond donors (Lipinski definition) is 1. The molecule has 0 radical (unpaired) electrons. The first-order chi connectivity index (χ1) is 12.1. The molecule has 25 heavy (non-hydrogen) atoms. The van der Waals surface area contributed by atoms with Crippen molar-refractivity contribution in [2.45, 2.75) is 37.9 Å². The quantitative estimate of drug-likeness (QED) is 0.796. The Morgan fingerprint density at radius 2 is 2.08 bits per heavy atom. The van der Waals surface area contributed by atoms with Gasteiger partial charge in [0.05, 0.1) is 13.2 Å². The van der Waals surface area contributed by atoms with Crippen molar-refractivity contribution in [3.63, 3.8) is 0 Å². The third-order valence-electron chi connectivity index (χ3n) is 6.10. The van der Waals surface area contributed by atoms with Gasteiger partial charge in [0.15, 0.2) is 0 Å². The van der Waals surface area contributed by atoms with Gasteiger partial charge in [0.1, 0.15) is 6.04 Å². The Hall–Kier alpha value is -2.15. The average molecular weight is 346 g/mol. The van der Waals surface area contributed by atoms with Crippen molar-refractivity contribution in [2.75, 3.05) is 13.7 Å². The number of esters is 1. The number of carbonyl (C=O) groups is 2. The summed E-state index contributed by atoms with van der Waals surface area (Å²) in [6.45, 7) is 0.185. The number of aromatic nitrogens is 1. The Bertz CT molecular complexity index is 769. The third-order valence-corrected chi connectivity index (χ3v) is 6.10. The van der Waals surface area contributed by atoms with E-state index in [0.29, 0.717) is 6.54 Å². The number of aliphatic hydroxyl groups excluding tert-OH is 1. The van der Waals surface area contributed by atoms with Crippen molar-refractivity contribution < 1.29 is 19.4 Å². The van der Waals surface area contributed by atoms with Gasteiger partial charge in [-0.3, -0.25) is 9.59 Å². The van der Waals surface area contributed by atoms with Crippen LogP contribution >= 0.6 is 0 Å². The van der Waals surface area contributed by atoms with Crippen LogP contribution < -0.4 is 5.56 Å². The Labute approximate surface area is 145 Å². The minimum absolute atomic E-state index is 0.0580. The highest BCUT2D eigenvalue weighted by atomic mass is 16.5. The van der Waals surface area contributed by atoms with E-state index in [2.05, 4.69) is 0 Å². The first-order valence-electron chi connectivity index (χ1n) is 8.79. The van der Waals surface area contributed by atoms with Gasteiger partial charge in [-0.15, -0.1) is 0 Å². The molecule has 2 fully saturated rings. The highest BCUT2D eigenvalue weighted by molar-refractivity contribution is 5.88. The van der Waals surface area contributed by atoms with Crippen LogP contribution in [0.3, 0.4) is 0 Å². The fraction of sp³-hybridized carbons (Fsp3) is 0.611. The van der Waals surface area contributed by atoms with Crippen LogP contribution in [-0.2, 0) is 20.9 Å². The lowest BCUT2D eigenvalue weighted by molar-refractivity contribution is -0.156. The molecule has 0 unspecified atom stereocenters. The van der Waals surface area contributed by atoms with E-state index in [9.17, 15) is 19.5 Å². The molecule has 0 spiro atoms. The second-order valence-electron chi connectivity index (χ2n) is 7.20. The van der Waals surface area contributed by atoms with Crippen LogP contribution in [0.1, 0.15) is 31.0 Å². The van der Waals surface area contributed by atoms with Crippen LogP contribution in [0.25, 0.3) is 0 Å². The number of likely N-dealkylation sites (tertiary alicyclic amines) is 1. The van der Waals surface area contributed by atoms with Crippen molar-refractivity contribution in [2.24, 2.45) is 17.8 Å². The number of ether oxygens (including phenoxy) is 1. The molecule has 7 heteroatoms. The number of amides is 1. The van der Waals surface area contributed by atoms with Crippen molar-refractivity contribution in [1.29, 1.82) is 0 Å². The van der Waals surface area contributed by atoms with E-state index in [-0.39, 0.29) is 36.0 Å². The zero-order chi connectivity index (χ0) is 17.7. The van der Waals surface area contributed by atoms with Crippen LogP contribution in [0.15, 0.2) is 23.0 Å². The zero-order valence-electron chi connectivity index (χ0n) is 14.1. The van der Waals surface area contributed by atoms with Crippen molar-refractivity contribution in [3.8, 4) is 0 Å². The Morgan fingerprint density at radius 1 is 1.32 bits per heavy atom. The Kier molecular flexibility index (Phi) is 3.91. The number of methoxy groups -OCH3 is 1. The van der Waals surface area contributed by atoms with E-state index in [4.69, 9.17) is 4.74 Å². The van der Waals surface area contributed by atoms with Gasteiger partial charge in [0.25, 0.3) is 5.56 Å². The first kappa shape index (κ1) is 16.3. The van der Waals surface area contributed by atoms with E-state index >= 15 is 0 Å². The molecule has 0 bridgehead atoms. The Morgan fingerprint density at radius 3 is 2.68 bits per heavy atom. The summed E-state index contributed by atoms with van der Waals surface area (Å²) in [6, 6.07) is 3.86. The molecule has 7 nitrogen and oxygen atoms in total. The lowest BCUT2D eigenvalue weighted by atomic mass is 9.84. The summed E-state index contributed by atoms with van der Waals surface area (Å²) in [5.41, 5.74) is 0.629. The van der Waals surface area contributed by atoms with Crippen molar-refractivity contribution >= 4 is 11.9 Å². The zero-order valence-corrected chi connectivity index (χ0v) is 14.1. The lowest BCUT2D eigenvalue weighted by Gasteiger charge is -2.35. The third kappa shape index (κ3) is 2.25. The summed E-state index contributed by atoms with van der Waals surface area (Å²) >= 11 is 0. The molecule has 4 rings (SSSR count). The molecule has 1 aromatic rings. The minimum Gasteiger partial charge on any atom is -0.467 e. The topological polar surface area (TPSA) is 88.8 Å². The molecule has 4 atom stereocenters. The Balaban J connectivity index is 1.81. The van der Waals surface area contributed by atoms with Gasteiger partial charge in [-0.05, 0) is 18.9 Å². The number of hydrogen-bond acceptors (Lipinski definition) is 5. The molecule has 1 aliphatic carbocycles. The summed E-state index contributed by atoms with van der Waals surface area (Å²) < 4.78 is 6.60. The van der Waals surface area contributed by atoms with E-state index in [0.717, 1.165) is 25.0 Å². The number of nitrogens with zero attached hydrogens (tertiary/aromatic N) is 2. The van der Waals surface area contributed by atoms with Crippen LogP contribution in [0.5, 0.6) is 0 Å². The van der Waals surface area contributed by atoms with Crippen LogP contribution in [-0.4, -0.2) is 46.2 Å². The van der Waals surface area contributed by atoms with Gasteiger partial charge < -0.3 is 19.3 Å². The number of pyridine rings is 1. The smallest absolute Gasteiger partial charge is 0.328 e. The van der Waals surface area contributed by atoms with Crippen LogP contribution in [0.4, 0.5) is 0 Å². The predicted octanol–water partition coefficient (Wildman–Crippen LogP) is 0.312. The molecular weight excluding hydrogens is 324 g/mol. The molecule has 134 valence electrons. The summed E-state index contributed by atoms with van der Waals surface area (Å²) in [4.78, 5) is 39.4. The van der Waals surface area contributed by atoms with E-state index < -0.39 is 17.9 Å². The molecule has 3 heterocycles. The van der Waals surface area contributed by atoms with Crippen molar-refractivity contribution in [1.82, 2.24) is 9.47 Å². The van der Waals surface area contributed by atoms with Gasteiger partial charge in [-0.1, -0.05) is 12.5 Å². The summed E-state index contributed by atoms with van der Waals surface area (Å²) in [5.74, 6) is -1.22. The second kappa shape index (κ2) is 5.98. The predicted molar refractivity (Wildman–Crippen MR) is 87.5 cm³/mol. The number of carbonyl (C=O) groups excluding carboxylic acids is 2. The molecule has 3 aliphatic rings. The fourth-order valence-electron chi connectivity index (χ4n) is 4.64. The second-order valence-corrected chi connectivity index (χ2v) is 7.20. The first-order valence-corrected chi connectivity index (χ1v) is 8.79. The molecule has 1 saturated carbocycles. The van der Waals surface area contributed by atoms with E-state index in [1.165, 1.54) is 13.2 Å². The van der Waals surface area contributed by atoms with E-state index in [1.54, 1.807) is 15.5 Å². The maximum absolute atomic E-state index is 13.1. The summed E-state index contributed by atoms with van der Waals surface area (Å²) in [7, 11) is 1.30. The van der Waals surface area contributed by atoms with Gasteiger partial charge >= 0.3 is 5.97 Å². The molecule has 0 aromatic carbocycles. The lowest BCUT2D eigenvalue weighted by Crippen LogP contribution is -2.49. The molecule has 2 aliphatic heterocycles. The van der Waals surface area contributed by atoms with Gasteiger partial charge in [0, 0.05) is 42.7 Å². The molecule has 1 saturated heterocycles. The highest BCUT2D eigenvalue weighted by Crippen LogP contribution is 2.50. The maximum atomic E-state index is 13.1. The maximum Gasteiger partial charge on any atom is 0.328 e. The van der Waals surface area contributed by atoms with Crippen molar-refractivity contribution in [3.05, 3.63) is 34.2 Å². The highest BCUT2D eigenvalue weighted by Gasteiger charge is 2.58. The largest absolute Gasteiger partial charge is 0.467 e. The van der Waals surface area contributed by atoms with Crippen LogP contribution in [0.2, 0.25) is 0 Å². The summed E-state index contributed by atoms with van der Waals surface area (Å²) in [6.07, 6.45) is 2.67. The molecular formula is C18H22N2O5. The van der Waals surface area contributed by atoms with Gasteiger partial charge in [-0.2, -0.15) is 0 Å². The fourth-order valence-corrected chi connectivity index (χ4v) is 4.64. The number of fused-ring (bicyclic) bond motifs is 3. The average Bonchev–Trinajstić information content (AvgIpc) is 3.07. The van der Waals surface area contributed by atoms with Gasteiger partial charge in [-0.25, -0.2) is 4.79 Å². The normalized spacial score (nSPS) is 30.6. The SMILES string of the molecule is COC(=O)[C@@H]1[C@@H](CO)[C@@H]2Cn3c(cccc3=O)[C@@H]2N1C(=O)C1CCC1. The minimum atomic E-state index is -0.790. The summed E-state index contributed by atoms with van der Waals surface area (Å²) in [5, 5.41) is 9.95. The monoisotopic (exact) mass is 346 g/mol. The number of rotatable bonds is 3. The molecule has 1 aromatic heterocycles. The molecule has 1 amide bonds. The van der Waals surface area contributed by atoms with E-state index in [1.807, 2.05) is 6.07 Å². The standard InChI is InChI=1S/C18H22N2O5/c1-25-18(24)16-12(9-21)11-8-19-13(6-3-7-14(19)22)15(11)20(16)17(23)10-4-2-5-10/h3,6-7,10-12,15-16,21H,2,4-5,8-9H2,1H3/t11-,12-,15+,16-/m0/s1.